The molecular weight excluding hydrogens is 214 g/mol. The van der Waals surface area contributed by atoms with Gasteiger partial charge >= 0.3 is 0 Å². The van der Waals surface area contributed by atoms with Crippen molar-refractivity contribution in [3.63, 3.8) is 0 Å². The number of hydrogen-bond acceptors (Lipinski definition) is 3. The van der Waals surface area contributed by atoms with Crippen LogP contribution in [0.25, 0.3) is 10.8 Å². The number of ether oxygens (including phenoxy) is 1. The van der Waals surface area contributed by atoms with Gasteiger partial charge in [0, 0.05) is 37.4 Å². The van der Waals surface area contributed by atoms with Crippen LogP contribution >= 0.6 is 0 Å². The highest BCUT2D eigenvalue weighted by Gasteiger charge is 2.10. The Morgan fingerprint density at radius 2 is 2.24 bits per heavy atom. The first-order chi connectivity index (χ1) is 8.33. The quantitative estimate of drug-likeness (QED) is 0.804. The second-order valence-electron chi connectivity index (χ2n) is 3.95. The van der Waals surface area contributed by atoms with Crippen molar-refractivity contribution < 1.29 is 9.84 Å². The monoisotopic (exact) mass is 231 g/mol. The summed E-state index contributed by atoms with van der Waals surface area (Å²) >= 11 is 0. The van der Waals surface area contributed by atoms with Crippen LogP contribution in [0.1, 0.15) is 25.0 Å². The summed E-state index contributed by atoms with van der Waals surface area (Å²) in [4.78, 5) is 4.11. The summed E-state index contributed by atoms with van der Waals surface area (Å²) < 4.78 is 5.26. The van der Waals surface area contributed by atoms with Gasteiger partial charge in [0.15, 0.2) is 0 Å². The van der Waals surface area contributed by atoms with E-state index in [2.05, 4.69) is 4.98 Å². The van der Waals surface area contributed by atoms with Gasteiger partial charge in [0.1, 0.15) is 0 Å². The lowest BCUT2D eigenvalue weighted by Gasteiger charge is -2.13. The number of benzene rings is 1. The van der Waals surface area contributed by atoms with E-state index in [1.54, 1.807) is 12.4 Å². The molecule has 1 aromatic carbocycles. The molecule has 0 spiro atoms. The maximum atomic E-state index is 10.1. The zero-order valence-corrected chi connectivity index (χ0v) is 9.97. The van der Waals surface area contributed by atoms with Gasteiger partial charge in [0.2, 0.25) is 0 Å². The topological polar surface area (TPSA) is 42.4 Å². The number of aliphatic hydroxyl groups is 1. The van der Waals surface area contributed by atoms with Gasteiger partial charge in [-0.15, -0.1) is 0 Å². The minimum Gasteiger partial charge on any atom is -0.388 e. The van der Waals surface area contributed by atoms with Crippen LogP contribution in [0.3, 0.4) is 0 Å². The molecule has 1 N–H and O–H groups in total. The van der Waals surface area contributed by atoms with Crippen LogP contribution in [0.2, 0.25) is 0 Å². The molecule has 3 nitrogen and oxygen atoms in total. The molecule has 1 heterocycles. The Bertz CT molecular complexity index is 479. The third-order valence-electron chi connectivity index (χ3n) is 2.82. The van der Waals surface area contributed by atoms with Gasteiger partial charge in [-0.2, -0.15) is 0 Å². The van der Waals surface area contributed by atoms with E-state index in [0.29, 0.717) is 19.6 Å². The van der Waals surface area contributed by atoms with E-state index in [9.17, 15) is 5.11 Å². The second kappa shape index (κ2) is 5.75. The first-order valence-corrected chi connectivity index (χ1v) is 5.91. The van der Waals surface area contributed by atoms with E-state index in [-0.39, 0.29) is 0 Å². The third kappa shape index (κ3) is 2.81. The average Bonchev–Trinajstić information content (AvgIpc) is 2.38. The second-order valence-corrected chi connectivity index (χ2v) is 3.95. The van der Waals surface area contributed by atoms with E-state index in [1.165, 1.54) is 0 Å². The zero-order valence-electron chi connectivity index (χ0n) is 9.97. The van der Waals surface area contributed by atoms with Crippen molar-refractivity contribution in [3.8, 4) is 0 Å². The Balaban J connectivity index is 2.22. The lowest BCUT2D eigenvalue weighted by atomic mass is 10.0. The van der Waals surface area contributed by atoms with Gasteiger partial charge in [0.05, 0.1) is 6.10 Å². The Morgan fingerprint density at radius 3 is 3.06 bits per heavy atom. The molecule has 0 aliphatic rings. The molecule has 1 unspecified atom stereocenters. The van der Waals surface area contributed by atoms with E-state index >= 15 is 0 Å². The fraction of sp³-hybridized carbons (Fsp3) is 0.357. The molecule has 0 aliphatic heterocycles. The van der Waals surface area contributed by atoms with Crippen molar-refractivity contribution in [2.24, 2.45) is 0 Å². The minimum absolute atomic E-state index is 0.491. The Morgan fingerprint density at radius 1 is 1.35 bits per heavy atom. The molecule has 17 heavy (non-hydrogen) atoms. The SMILES string of the molecule is CCOCCC(O)c1cccc2ccncc12. The van der Waals surface area contributed by atoms with Gasteiger partial charge in [-0.05, 0) is 23.9 Å². The molecule has 1 atom stereocenters. The first-order valence-electron chi connectivity index (χ1n) is 5.91. The van der Waals surface area contributed by atoms with Crippen molar-refractivity contribution in [1.82, 2.24) is 4.98 Å². The molecule has 0 amide bonds. The predicted molar refractivity (Wildman–Crippen MR) is 67.8 cm³/mol. The summed E-state index contributed by atoms with van der Waals surface area (Å²) in [6.45, 7) is 3.21. The summed E-state index contributed by atoms with van der Waals surface area (Å²) in [5.74, 6) is 0. The fourth-order valence-electron chi connectivity index (χ4n) is 1.92. The lowest BCUT2D eigenvalue weighted by molar-refractivity contribution is 0.0892. The molecule has 0 fully saturated rings. The number of aromatic nitrogens is 1. The van der Waals surface area contributed by atoms with Gasteiger partial charge in [-0.25, -0.2) is 0 Å². The smallest absolute Gasteiger partial charge is 0.0818 e. The molecule has 0 saturated heterocycles. The number of fused-ring (bicyclic) bond motifs is 1. The molecule has 2 rings (SSSR count). The number of rotatable bonds is 5. The number of pyridine rings is 1. The summed E-state index contributed by atoms with van der Waals surface area (Å²) in [6, 6.07) is 7.88. The van der Waals surface area contributed by atoms with Gasteiger partial charge in [0.25, 0.3) is 0 Å². The highest BCUT2D eigenvalue weighted by molar-refractivity contribution is 5.85. The van der Waals surface area contributed by atoms with Crippen molar-refractivity contribution in [2.75, 3.05) is 13.2 Å². The molecular formula is C14H17NO2. The molecule has 3 heteroatoms. The Kier molecular flexibility index (Phi) is 4.07. The average molecular weight is 231 g/mol. The molecule has 0 bridgehead atoms. The third-order valence-corrected chi connectivity index (χ3v) is 2.82. The molecule has 2 aromatic rings. The van der Waals surface area contributed by atoms with E-state index in [0.717, 1.165) is 16.3 Å². The summed E-state index contributed by atoms with van der Waals surface area (Å²) in [6.07, 6.45) is 3.68. The van der Waals surface area contributed by atoms with Crippen LogP contribution in [0.15, 0.2) is 36.7 Å². The molecule has 0 saturated carbocycles. The van der Waals surface area contributed by atoms with E-state index in [1.807, 2.05) is 31.2 Å². The first kappa shape index (κ1) is 12.0. The standard InChI is InChI=1S/C14H17NO2/c1-2-17-9-7-14(16)12-5-3-4-11-6-8-15-10-13(11)12/h3-6,8,10,14,16H,2,7,9H2,1H3. The minimum atomic E-state index is -0.491. The van der Waals surface area contributed by atoms with Crippen molar-refractivity contribution >= 4 is 10.8 Å². The predicted octanol–water partition coefficient (Wildman–Crippen LogP) is 2.69. The fourth-order valence-corrected chi connectivity index (χ4v) is 1.92. The van der Waals surface area contributed by atoms with Crippen LogP contribution in [0.4, 0.5) is 0 Å². The Hall–Kier alpha value is -1.45. The van der Waals surface area contributed by atoms with Crippen LogP contribution in [-0.4, -0.2) is 23.3 Å². The van der Waals surface area contributed by atoms with Gasteiger partial charge < -0.3 is 9.84 Å². The summed E-state index contributed by atoms with van der Waals surface area (Å²) in [5.41, 5.74) is 0.926. The number of aliphatic hydroxyl groups excluding tert-OH is 1. The van der Waals surface area contributed by atoms with E-state index < -0.39 is 6.10 Å². The number of nitrogens with zero attached hydrogens (tertiary/aromatic N) is 1. The zero-order chi connectivity index (χ0) is 12.1. The highest BCUT2D eigenvalue weighted by atomic mass is 16.5. The van der Waals surface area contributed by atoms with Gasteiger partial charge in [-0.3, -0.25) is 4.98 Å². The maximum Gasteiger partial charge on any atom is 0.0818 e. The largest absolute Gasteiger partial charge is 0.388 e. The molecule has 1 aromatic heterocycles. The lowest BCUT2D eigenvalue weighted by Crippen LogP contribution is -2.04. The van der Waals surface area contributed by atoms with Crippen LogP contribution in [-0.2, 0) is 4.74 Å². The molecule has 0 radical (unpaired) electrons. The van der Waals surface area contributed by atoms with Crippen LogP contribution in [0, 0.1) is 0 Å². The molecule has 90 valence electrons. The van der Waals surface area contributed by atoms with Crippen molar-refractivity contribution in [1.29, 1.82) is 0 Å². The Labute approximate surface area is 101 Å². The number of hydrogen-bond donors (Lipinski definition) is 1. The van der Waals surface area contributed by atoms with Crippen LogP contribution < -0.4 is 0 Å². The van der Waals surface area contributed by atoms with Gasteiger partial charge in [-0.1, -0.05) is 18.2 Å². The van der Waals surface area contributed by atoms with E-state index in [4.69, 9.17) is 4.74 Å². The van der Waals surface area contributed by atoms with Crippen molar-refractivity contribution in [3.05, 3.63) is 42.2 Å². The summed E-state index contributed by atoms with van der Waals surface area (Å²) in [5, 5.41) is 12.3. The molecule has 0 aliphatic carbocycles. The normalized spacial score (nSPS) is 12.8. The summed E-state index contributed by atoms with van der Waals surface area (Å²) in [7, 11) is 0. The highest BCUT2D eigenvalue weighted by Crippen LogP contribution is 2.25. The van der Waals surface area contributed by atoms with Crippen molar-refractivity contribution in [2.45, 2.75) is 19.4 Å². The maximum absolute atomic E-state index is 10.1. The van der Waals surface area contributed by atoms with Crippen LogP contribution in [0.5, 0.6) is 0 Å².